The summed E-state index contributed by atoms with van der Waals surface area (Å²) in [4.78, 5) is 42.8. The summed E-state index contributed by atoms with van der Waals surface area (Å²) < 4.78 is 85.1. The van der Waals surface area contributed by atoms with Gasteiger partial charge in [-0.05, 0) is 56.0 Å². The zero-order valence-corrected chi connectivity index (χ0v) is 24.3. The van der Waals surface area contributed by atoms with Crippen molar-refractivity contribution in [2.24, 2.45) is 0 Å². The number of carbonyl (C=O) groups excluding carboxylic acids is 2. The molecule has 1 N–H and O–H groups in total. The van der Waals surface area contributed by atoms with Gasteiger partial charge in [0.15, 0.2) is 5.01 Å². The van der Waals surface area contributed by atoms with Gasteiger partial charge in [0.2, 0.25) is 5.91 Å². The SMILES string of the molecule is O=C(COC1CCC(Nc2ccc([N+](=O)[O-])c(C(F)(F)F)c2)CC1)N1CCN(C(=O)c2nc3cc(C(F)(F)F)ccc3s2)CC1. The van der Waals surface area contributed by atoms with Crippen molar-refractivity contribution in [3.63, 3.8) is 0 Å². The molecular weight excluding hydrogens is 632 g/mol. The van der Waals surface area contributed by atoms with Crippen molar-refractivity contribution in [3.05, 3.63) is 62.6 Å². The van der Waals surface area contributed by atoms with Crippen LogP contribution in [0.3, 0.4) is 0 Å². The Bertz CT molecular complexity index is 1580. The molecule has 1 aromatic heterocycles. The first kappa shape index (κ1) is 32.4. The van der Waals surface area contributed by atoms with E-state index < -0.39 is 40.0 Å². The Kier molecular flexibility index (Phi) is 9.21. The van der Waals surface area contributed by atoms with Crippen LogP contribution in [0.2, 0.25) is 0 Å². The van der Waals surface area contributed by atoms with Crippen LogP contribution in [0.5, 0.6) is 0 Å². The summed E-state index contributed by atoms with van der Waals surface area (Å²) in [5.41, 5.74) is -2.96. The second-order valence-electron chi connectivity index (χ2n) is 10.8. The Morgan fingerprint density at radius 3 is 2.24 bits per heavy atom. The van der Waals surface area contributed by atoms with Crippen molar-refractivity contribution < 1.29 is 45.6 Å². The zero-order valence-electron chi connectivity index (χ0n) is 23.5. The van der Waals surface area contributed by atoms with Gasteiger partial charge < -0.3 is 19.9 Å². The number of hydrogen-bond donors (Lipinski definition) is 1. The fraction of sp³-hybridized carbons (Fsp3) is 0.464. The molecule has 2 amide bonds. The van der Waals surface area contributed by atoms with Crippen LogP contribution in [0, 0.1) is 10.1 Å². The fourth-order valence-corrected chi connectivity index (χ4v) is 6.31. The number of hydrogen-bond acceptors (Lipinski definition) is 8. The summed E-state index contributed by atoms with van der Waals surface area (Å²) in [5.74, 6) is -0.672. The molecule has 1 aliphatic carbocycles. The highest BCUT2D eigenvalue weighted by atomic mass is 32.1. The van der Waals surface area contributed by atoms with Crippen molar-refractivity contribution in [1.29, 1.82) is 0 Å². The van der Waals surface area contributed by atoms with Gasteiger partial charge in [0.1, 0.15) is 12.2 Å². The largest absolute Gasteiger partial charge is 0.423 e. The van der Waals surface area contributed by atoms with E-state index >= 15 is 0 Å². The second-order valence-corrected chi connectivity index (χ2v) is 11.8. The van der Waals surface area contributed by atoms with E-state index in [0.29, 0.717) is 30.4 Å². The predicted octanol–water partition coefficient (Wildman–Crippen LogP) is 5.97. The number of benzene rings is 2. The maximum absolute atomic E-state index is 13.3. The molecule has 45 heavy (non-hydrogen) atoms. The van der Waals surface area contributed by atoms with Crippen LogP contribution in [0.1, 0.15) is 46.6 Å². The van der Waals surface area contributed by atoms with Gasteiger partial charge in [-0.2, -0.15) is 26.3 Å². The van der Waals surface area contributed by atoms with E-state index in [1.165, 1.54) is 17.0 Å². The van der Waals surface area contributed by atoms with Crippen molar-refractivity contribution >= 4 is 44.7 Å². The number of fused-ring (bicyclic) bond motifs is 1. The van der Waals surface area contributed by atoms with Gasteiger partial charge in [-0.3, -0.25) is 19.7 Å². The van der Waals surface area contributed by atoms with Crippen molar-refractivity contribution in [2.45, 2.75) is 50.2 Å². The molecule has 0 radical (unpaired) electrons. The lowest BCUT2D eigenvalue weighted by Crippen LogP contribution is -2.51. The van der Waals surface area contributed by atoms with Gasteiger partial charge >= 0.3 is 12.4 Å². The maximum atomic E-state index is 13.3. The quantitative estimate of drug-likeness (QED) is 0.189. The predicted molar refractivity (Wildman–Crippen MR) is 151 cm³/mol. The van der Waals surface area contributed by atoms with E-state index in [-0.39, 0.29) is 67.1 Å². The van der Waals surface area contributed by atoms with E-state index in [1.807, 2.05) is 0 Å². The molecule has 2 aliphatic rings. The highest BCUT2D eigenvalue weighted by Crippen LogP contribution is 2.38. The molecule has 2 fully saturated rings. The van der Waals surface area contributed by atoms with Crippen molar-refractivity contribution in [3.8, 4) is 0 Å². The van der Waals surface area contributed by atoms with Crippen molar-refractivity contribution in [1.82, 2.24) is 14.8 Å². The average molecular weight is 660 g/mol. The maximum Gasteiger partial charge on any atom is 0.423 e. The third-order valence-corrected chi connectivity index (χ3v) is 8.83. The Morgan fingerprint density at radius 1 is 0.956 bits per heavy atom. The summed E-state index contributed by atoms with van der Waals surface area (Å²) in [6.45, 7) is 0.784. The molecule has 10 nitrogen and oxygen atoms in total. The Labute approximate surface area is 256 Å². The first-order chi connectivity index (χ1) is 21.2. The summed E-state index contributed by atoms with van der Waals surface area (Å²) in [7, 11) is 0. The number of nitrogens with zero attached hydrogens (tertiary/aromatic N) is 4. The van der Waals surface area contributed by atoms with Crippen LogP contribution < -0.4 is 5.32 Å². The Balaban J connectivity index is 1.06. The number of amides is 2. The molecule has 1 saturated carbocycles. The third kappa shape index (κ3) is 7.64. The minimum Gasteiger partial charge on any atom is -0.382 e. The minimum absolute atomic E-state index is 0.0758. The fourth-order valence-electron chi connectivity index (χ4n) is 5.39. The Morgan fingerprint density at radius 2 is 1.62 bits per heavy atom. The first-order valence-electron chi connectivity index (χ1n) is 14.0. The first-order valence-corrected chi connectivity index (χ1v) is 14.8. The number of halogens is 6. The summed E-state index contributed by atoms with van der Waals surface area (Å²) in [6.07, 6.45) is -7.39. The number of thiazole rings is 1. The van der Waals surface area contributed by atoms with Crippen LogP contribution in [0.4, 0.5) is 37.7 Å². The van der Waals surface area contributed by atoms with Gasteiger partial charge in [-0.25, -0.2) is 4.98 Å². The van der Waals surface area contributed by atoms with E-state index in [1.54, 1.807) is 4.90 Å². The number of nitrogens with one attached hydrogen (secondary N) is 1. The highest BCUT2D eigenvalue weighted by Gasteiger charge is 2.39. The van der Waals surface area contributed by atoms with Crippen LogP contribution in [-0.4, -0.2) is 76.5 Å². The topological polar surface area (TPSA) is 118 Å². The van der Waals surface area contributed by atoms with Crippen LogP contribution in [0.15, 0.2) is 36.4 Å². The third-order valence-electron chi connectivity index (χ3n) is 7.80. The zero-order chi connectivity index (χ0) is 32.5. The molecule has 0 bridgehead atoms. The Hall–Kier alpha value is -3.99. The second kappa shape index (κ2) is 12.8. The molecule has 2 aromatic carbocycles. The number of piperazine rings is 1. The summed E-state index contributed by atoms with van der Waals surface area (Å²) in [5, 5.41) is 14.1. The average Bonchev–Trinajstić information content (AvgIpc) is 3.43. The number of ether oxygens (including phenoxy) is 1. The molecule has 2 heterocycles. The smallest absolute Gasteiger partial charge is 0.382 e. The molecule has 0 atom stereocenters. The van der Waals surface area contributed by atoms with Gasteiger partial charge in [0.25, 0.3) is 11.6 Å². The minimum atomic E-state index is -4.87. The highest BCUT2D eigenvalue weighted by molar-refractivity contribution is 7.20. The van der Waals surface area contributed by atoms with Gasteiger partial charge in [-0.15, -0.1) is 11.3 Å². The van der Waals surface area contributed by atoms with Crippen LogP contribution in [0.25, 0.3) is 10.2 Å². The number of rotatable bonds is 7. The molecule has 0 unspecified atom stereocenters. The summed E-state index contributed by atoms with van der Waals surface area (Å²) >= 11 is 1.01. The lowest BCUT2D eigenvalue weighted by atomic mass is 9.92. The molecule has 242 valence electrons. The molecule has 5 rings (SSSR count). The number of alkyl halides is 6. The molecule has 0 spiro atoms. The standard InChI is InChI=1S/C28H27F6N5O5S/c29-27(30,31)16-1-8-23-21(13-16)36-25(45-23)26(41)38-11-9-37(10-12-38)24(40)15-44-19-5-2-17(3-6-19)35-18-4-7-22(39(42)43)20(14-18)28(32,33)34/h1,4,7-8,13-14,17,19,35H,2-3,5-6,9-12,15H2. The number of nitro groups is 1. The van der Waals surface area contributed by atoms with E-state index in [9.17, 15) is 46.0 Å². The number of carbonyl (C=O) groups is 2. The monoisotopic (exact) mass is 659 g/mol. The van der Waals surface area contributed by atoms with E-state index in [4.69, 9.17) is 4.74 Å². The summed E-state index contributed by atoms with van der Waals surface area (Å²) in [6, 6.07) is 5.79. The molecule has 1 aliphatic heterocycles. The lowest BCUT2D eigenvalue weighted by Gasteiger charge is -2.35. The van der Waals surface area contributed by atoms with Gasteiger partial charge in [-0.1, -0.05) is 0 Å². The molecule has 17 heteroatoms. The van der Waals surface area contributed by atoms with Crippen molar-refractivity contribution in [2.75, 3.05) is 38.1 Å². The van der Waals surface area contributed by atoms with E-state index in [0.717, 1.165) is 35.6 Å². The van der Waals surface area contributed by atoms with Crippen LogP contribution in [-0.2, 0) is 21.9 Å². The normalized spacial score (nSPS) is 19.5. The van der Waals surface area contributed by atoms with Gasteiger partial charge in [0.05, 0.1) is 26.8 Å². The molecule has 3 aromatic rings. The van der Waals surface area contributed by atoms with E-state index in [2.05, 4.69) is 10.3 Å². The van der Waals surface area contributed by atoms with Crippen LogP contribution >= 0.6 is 11.3 Å². The molecule has 1 saturated heterocycles. The molecular formula is C28H27F6N5O5S. The lowest BCUT2D eigenvalue weighted by molar-refractivity contribution is -0.388. The number of anilines is 1. The van der Waals surface area contributed by atoms with Gasteiger partial charge in [0, 0.05) is 44.0 Å². The number of nitro benzene ring substituents is 1. The number of aromatic nitrogens is 1.